The van der Waals surface area contributed by atoms with Crippen molar-refractivity contribution in [2.24, 2.45) is 5.73 Å². The summed E-state index contributed by atoms with van der Waals surface area (Å²) in [4.78, 5) is 0. The third-order valence-electron chi connectivity index (χ3n) is 1.50. The average Bonchev–Trinajstić information content (AvgIpc) is 2.09. The second-order valence-corrected chi connectivity index (χ2v) is 2.53. The van der Waals surface area contributed by atoms with Gasteiger partial charge >= 0.3 is 0 Å². The molecule has 0 aromatic heterocycles. The quantitative estimate of drug-likeness (QED) is 0.356. The Kier molecular flexibility index (Phi) is 2.71. The van der Waals surface area contributed by atoms with E-state index in [2.05, 4.69) is 11.9 Å². The van der Waals surface area contributed by atoms with Crippen LogP contribution in [0.3, 0.4) is 0 Å². The van der Waals surface area contributed by atoms with Crippen LogP contribution in [0.5, 0.6) is 0 Å². The monoisotopic (exact) mass is 163 g/mol. The van der Waals surface area contributed by atoms with Gasteiger partial charge in [-0.3, -0.25) is 0 Å². The maximum Gasteiger partial charge on any atom is 0.0932 e. The topological polar surface area (TPSA) is 64.1 Å². The first kappa shape index (κ1) is 8.62. The summed E-state index contributed by atoms with van der Waals surface area (Å²) in [5.74, 6) is 0. The van der Waals surface area contributed by atoms with E-state index < -0.39 is 0 Å². The van der Waals surface area contributed by atoms with E-state index >= 15 is 0 Å². The summed E-state index contributed by atoms with van der Waals surface area (Å²) in [6.07, 6.45) is 1.42. The number of nitrogens with two attached hydrogens (primary N) is 2. The summed E-state index contributed by atoms with van der Waals surface area (Å²) in [5.41, 5.74) is 12.8. The van der Waals surface area contributed by atoms with Crippen molar-refractivity contribution in [3.8, 4) is 0 Å². The first-order valence-electron chi connectivity index (χ1n) is 3.72. The van der Waals surface area contributed by atoms with Gasteiger partial charge in [-0.1, -0.05) is 12.7 Å². The first-order chi connectivity index (χ1) is 5.72. The van der Waals surface area contributed by atoms with Gasteiger partial charge in [0.15, 0.2) is 0 Å². The van der Waals surface area contributed by atoms with E-state index in [0.717, 1.165) is 11.4 Å². The second kappa shape index (κ2) is 3.78. The molecule has 0 aliphatic rings. The Morgan fingerprint density at radius 1 is 1.33 bits per heavy atom. The predicted octanol–water partition coefficient (Wildman–Crippen LogP) is 1.15. The van der Waals surface area contributed by atoms with Crippen LogP contribution in [0.25, 0.3) is 0 Å². The van der Waals surface area contributed by atoms with E-state index in [1.165, 1.54) is 0 Å². The average molecular weight is 163 g/mol. The van der Waals surface area contributed by atoms with Crippen molar-refractivity contribution in [3.05, 3.63) is 36.9 Å². The minimum Gasteiger partial charge on any atom is -0.399 e. The Balaban J connectivity index is 2.64. The van der Waals surface area contributed by atoms with E-state index in [1.54, 1.807) is 6.08 Å². The number of rotatable bonds is 3. The third kappa shape index (κ3) is 2.29. The molecule has 12 heavy (non-hydrogen) atoms. The Hall–Kier alpha value is -1.48. The van der Waals surface area contributed by atoms with Gasteiger partial charge in [0.25, 0.3) is 0 Å². The molecule has 0 spiro atoms. The highest BCUT2D eigenvalue weighted by atomic mass is 15.0. The summed E-state index contributed by atoms with van der Waals surface area (Å²) in [7, 11) is 0. The molecule has 5 N–H and O–H groups in total. The van der Waals surface area contributed by atoms with E-state index in [1.807, 2.05) is 24.3 Å². The number of nitrogen functional groups attached to an aromatic ring is 1. The molecule has 0 bridgehead atoms. The zero-order valence-electron chi connectivity index (χ0n) is 6.83. The predicted molar refractivity (Wildman–Crippen MR) is 52.6 cm³/mol. The molecule has 0 saturated carbocycles. The molecule has 0 saturated heterocycles. The molecule has 0 heterocycles. The van der Waals surface area contributed by atoms with Crippen LogP contribution in [0.4, 0.5) is 11.4 Å². The van der Waals surface area contributed by atoms with Crippen molar-refractivity contribution in [1.29, 1.82) is 0 Å². The number of benzene rings is 1. The molecule has 3 heteroatoms. The third-order valence-corrected chi connectivity index (χ3v) is 1.50. The molecule has 1 unspecified atom stereocenters. The number of hydrogen-bond acceptors (Lipinski definition) is 3. The van der Waals surface area contributed by atoms with E-state index in [0.29, 0.717) is 0 Å². The van der Waals surface area contributed by atoms with Crippen molar-refractivity contribution in [2.45, 2.75) is 6.17 Å². The molecular formula is C9H13N3. The summed E-state index contributed by atoms with van der Waals surface area (Å²) < 4.78 is 0. The smallest absolute Gasteiger partial charge is 0.0932 e. The van der Waals surface area contributed by atoms with Crippen LogP contribution in [0, 0.1) is 0 Å². The van der Waals surface area contributed by atoms with Gasteiger partial charge < -0.3 is 16.8 Å². The van der Waals surface area contributed by atoms with Crippen LogP contribution in [-0.2, 0) is 0 Å². The lowest BCUT2D eigenvalue weighted by Crippen LogP contribution is -2.26. The van der Waals surface area contributed by atoms with Crippen molar-refractivity contribution in [3.63, 3.8) is 0 Å². The van der Waals surface area contributed by atoms with Crippen molar-refractivity contribution in [1.82, 2.24) is 0 Å². The summed E-state index contributed by atoms with van der Waals surface area (Å²) in [6, 6.07) is 7.38. The van der Waals surface area contributed by atoms with Crippen molar-refractivity contribution >= 4 is 11.4 Å². The number of nitrogens with one attached hydrogen (secondary N) is 1. The molecule has 0 fully saturated rings. The van der Waals surface area contributed by atoms with Crippen LogP contribution in [0.15, 0.2) is 36.9 Å². The largest absolute Gasteiger partial charge is 0.399 e. The van der Waals surface area contributed by atoms with E-state index in [9.17, 15) is 0 Å². The minimum absolute atomic E-state index is 0.214. The van der Waals surface area contributed by atoms with E-state index in [-0.39, 0.29) is 6.17 Å². The Morgan fingerprint density at radius 2 is 1.92 bits per heavy atom. The normalized spacial score (nSPS) is 12.1. The summed E-state index contributed by atoms with van der Waals surface area (Å²) in [6.45, 7) is 3.56. The number of hydrogen-bond donors (Lipinski definition) is 3. The standard InChI is InChI=1S/C9H13N3/c1-2-9(11)12-8-5-3-7(10)4-6-8/h2-6,9,12H,1,10-11H2. The lowest BCUT2D eigenvalue weighted by atomic mass is 10.3. The molecule has 0 amide bonds. The van der Waals surface area contributed by atoms with Gasteiger partial charge in [-0.25, -0.2) is 0 Å². The van der Waals surface area contributed by atoms with Crippen molar-refractivity contribution < 1.29 is 0 Å². The summed E-state index contributed by atoms with van der Waals surface area (Å²) in [5, 5.41) is 3.02. The highest BCUT2D eigenvalue weighted by molar-refractivity contribution is 5.51. The molecule has 1 aromatic rings. The van der Waals surface area contributed by atoms with Gasteiger partial charge in [0.05, 0.1) is 6.17 Å². The first-order valence-corrected chi connectivity index (χ1v) is 3.72. The molecule has 64 valence electrons. The van der Waals surface area contributed by atoms with Gasteiger partial charge in [-0.05, 0) is 24.3 Å². The molecule has 0 radical (unpaired) electrons. The Bertz CT molecular complexity index is 253. The highest BCUT2D eigenvalue weighted by Gasteiger charge is 1.94. The summed E-state index contributed by atoms with van der Waals surface area (Å²) >= 11 is 0. The van der Waals surface area contributed by atoms with Gasteiger partial charge in [-0.2, -0.15) is 0 Å². The van der Waals surface area contributed by atoms with Gasteiger partial charge in [0, 0.05) is 11.4 Å². The Morgan fingerprint density at radius 3 is 2.42 bits per heavy atom. The highest BCUT2D eigenvalue weighted by Crippen LogP contribution is 2.10. The number of anilines is 2. The SMILES string of the molecule is C=CC(N)Nc1ccc(N)cc1. The molecule has 1 rings (SSSR count). The zero-order chi connectivity index (χ0) is 8.97. The molecular weight excluding hydrogens is 150 g/mol. The maximum absolute atomic E-state index is 5.58. The van der Waals surface area contributed by atoms with E-state index in [4.69, 9.17) is 11.5 Å². The lowest BCUT2D eigenvalue weighted by Gasteiger charge is -2.10. The molecule has 0 aliphatic carbocycles. The lowest BCUT2D eigenvalue weighted by molar-refractivity contribution is 0.946. The fourth-order valence-corrected chi connectivity index (χ4v) is 0.831. The van der Waals surface area contributed by atoms with Crippen LogP contribution in [0.1, 0.15) is 0 Å². The maximum atomic E-state index is 5.58. The molecule has 3 nitrogen and oxygen atoms in total. The second-order valence-electron chi connectivity index (χ2n) is 2.53. The van der Waals surface area contributed by atoms with Crippen LogP contribution < -0.4 is 16.8 Å². The van der Waals surface area contributed by atoms with Crippen LogP contribution >= 0.6 is 0 Å². The van der Waals surface area contributed by atoms with Crippen LogP contribution in [-0.4, -0.2) is 6.17 Å². The fourth-order valence-electron chi connectivity index (χ4n) is 0.831. The van der Waals surface area contributed by atoms with Gasteiger partial charge in [-0.15, -0.1) is 0 Å². The van der Waals surface area contributed by atoms with Crippen molar-refractivity contribution in [2.75, 3.05) is 11.1 Å². The molecule has 1 aromatic carbocycles. The molecule has 1 atom stereocenters. The van der Waals surface area contributed by atoms with Gasteiger partial charge in [0.1, 0.15) is 0 Å². The van der Waals surface area contributed by atoms with Crippen LogP contribution in [0.2, 0.25) is 0 Å². The zero-order valence-corrected chi connectivity index (χ0v) is 6.83. The molecule has 0 aliphatic heterocycles. The fraction of sp³-hybridized carbons (Fsp3) is 0.111. The van der Waals surface area contributed by atoms with Gasteiger partial charge in [0.2, 0.25) is 0 Å². The Labute approximate surface area is 72.1 Å². The minimum atomic E-state index is -0.214.